The van der Waals surface area contributed by atoms with Crippen LogP contribution in [0.15, 0.2) is 6.33 Å². The van der Waals surface area contributed by atoms with E-state index in [4.69, 9.17) is 11.6 Å². The molecule has 0 amide bonds. The normalized spacial score (nSPS) is 11.3. The minimum Gasteiger partial charge on any atom is -0.394 e. The summed E-state index contributed by atoms with van der Waals surface area (Å²) in [6.45, 7) is 0.908. The average molecular weight is 277 g/mol. The molecule has 0 aliphatic carbocycles. The summed E-state index contributed by atoms with van der Waals surface area (Å²) in [6.07, 6.45) is 1.41. The van der Waals surface area contributed by atoms with Gasteiger partial charge in [-0.3, -0.25) is 10.1 Å². The van der Waals surface area contributed by atoms with E-state index >= 15 is 0 Å². The molecule has 1 heterocycles. The van der Waals surface area contributed by atoms with Crippen LogP contribution in [0.1, 0.15) is 13.3 Å². The van der Waals surface area contributed by atoms with E-state index in [9.17, 15) is 20.3 Å². The van der Waals surface area contributed by atoms with Gasteiger partial charge in [-0.25, -0.2) is 9.97 Å². The lowest BCUT2D eigenvalue weighted by molar-refractivity contribution is -0.384. The number of halogens is 1. The maximum atomic E-state index is 10.9. The first-order valence-electron chi connectivity index (χ1n) is 5.14. The van der Waals surface area contributed by atoms with Gasteiger partial charge in [0.15, 0.2) is 0 Å². The zero-order valence-corrected chi connectivity index (χ0v) is 10.4. The molecular weight excluding hydrogens is 264 g/mol. The molecule has 0 atom stereocenters. The summed E-state index contributed by atoms with van der Waals surface area (Å²) in [6, 6.07) is 0. The van der Waals surface area contributed by atoms with Crippen LogP contribution >= 0.6 is 11.6 Å². The minimum atomic E-state index is -1.09. The van der Waals surface area contributed by atoms with E-state index in [0.29, 0.717) is 6.42 Å². The van der Waals surface area contributed by atoms with E-state index in [1.807, 2.05) is 0 Å². The molecule has 1 rings (SSSR count). The predicted octanol–water partition coefficient (Wildman–Crippen LogP) is 0.583. The van der Waals surface area contributed by atoms with Crippen molar-refractivity contribution >= 4 is 23.1 Å². The fourth-order valence-electron chi connectivity index (χ4n) is 1.30. The molecule has 100 valence electrons. The second-order valence-electron chi connectivity index (χ2n) is 3.69. The smallest absolute Gasteiger partial charge is 0.348 e. The van der Waals surface area contributed by atoms with Crippen molar-refractivity contribution in [3.63, 3.8) is 0 Å². The van der Waals surface area contributed by atoms with Crippen LogP contribution in [0.5, 0.6) is 0 Å². The van der Waals surface area contributed by atoms with Gasteiger partial charge in [-0.15, -0.1) is 0 Å². The van der Waals surface area contributed by atoms with Crippen LogP contribution in [0.3, 0.4) is 0 Å². The predicted molar refractivity (Wildman–Crippen MR) is 64.5 cm³/mol. The van der Waals surface area contributed by atoms with Gasteiger partial charge in [0.25, 0.3) is 0 Å². The van der Waals surface area contributed by atoms with E-state index in [1.54, 1.807) is 6.92 Å². The molecule has 8 nitrogen and oxygen atoms in total. The third-order valence-corrected chi connectivity index (χ3v) is 2.90. The number of nitrogens with zero attached hydrogens (tertiary/aromatic N) is 3. The molecule has 0 aromatic carbocycles. The van der Waals surface area contributed by atoms with Gasteiger partial charge >= 0.3 is 5.69 Å². The van der Waals surface area contributed by atoms with Crippen molar-refractivity contribution in [1.82, 2.24) is 9.97 Å². The fraction of sp³-hybridized carbons (Fsp3) is 0.556. The topological polar surface area (TPSA) is 121 Å². The highest BCUT2D eigenvalue weighted by molar-refractivity contribution is 6.31. The number of hydrogen-bond acceptors (Lipinski definition) is 7. The van der Waals surface area contributed by atoms with Crippen molar-refractivity contribution < 1.29 is 15.1 Å². The molecule has 0 unspecified atom stereocenters. The Morgan fingerprint density at radius 3 is 2.56 bits per heavy atom. The highest BCUT2D eigenvalue weighted by Crippen LogP contribution is 2.30. The SMILES string of the molecule is CCC(CO)(CO)Nc1ncnc(Cl)c1[N+](=O)[O-]. The number of anilines is 1. The van der Waals surface area contributed by atoms with E-state index in [0.717, 1.165) is 6.33 Å². The van der Waals surface area contributed by atoms with Crippen LogP contribution < -0.4 is 5.32 Å². The van der Waals surface area contributed by atoms with Gasteiger partial charge in [-0.05, 0) is 6.42 Å². The summed E-state index contributed by atoms with van der Waals surface area (Å²) in [7, 11) is 0. The molecule has 0 saturated carbocycles. The number of nitrogens with one attached hydrogen (secondary N) is 1. The van der Waals surface area contributed by atoms with Crippen molar-refractivity contribution in [3.8, 4) is 0 Å². The van der Waals surface area contributed by atoms with E-state index in [1.165, 1.54) is 0 Å². The summed E-state index contributed by atoms with van der Waals surface area (Å²) in [5.41, 5.74) is -1.58. The monoisotopic (exact) mass is 276 g/mol. The molecule has 0 fully saturated rings. The molecule has 18 heavy (non-hydrogen) atoms. The highest BCUT2D eigenvalue weighted by atomic mass is 35.5. The van der Waals surface area contributed by atoms with Gasteiger partial charge < -0.3 is 15.5 Å². The number of rotatable bonds is 6. The third kappa shape index (κ3) is 2.84. The van der Waals surface area contributed by atoms with Crippen molar-refractivity contribution in [2.24, 2.45) is 0 Å². The summed E-state index contributed by atoms with van der Waals surface area (Å²) in [5.74, 6) is -0.134. The Bertz CT molecular complexity index is 430. The summed E-state index contributed by atoms with van der Waals surface area (Å²) < 4.78 is 0. The molecule has 0 aliphatic rings. The average Bonchev–Trinajstić information content (AvgIpc) is 2.35. The van der Waals surface area contributed by atoms with Crippen LogP contribution in [0.4, 0.5) is 11.5 Å². The summed E-state index contributed by atoms with van der Waals surface area (Å²) in [5, 5.41) is 31.8. The standard InChI is InChI=1S/C9H13ClN4O4/c1-2-9(3-15,4-16)13-8-6(14(17)18)7(10)11-5-12-8/h5,15-16H,2-4H2,1H3,(H,11,12,13). The number of aliphatic hydroxyl groups excluding tert-OH is 2. The molecule has 1 aromatic heterocycles. The molecule has 9 heteroatoms. The van der Waals surface area contributed by atoms with Crippen molar-refractivity contribution in [2.75, 3.05) is 18.5 Å². The summed E-state index contributed by atoms with van der Waals surface area (Å²) >= 11 is 5.63. The Balaban J connectivity index is 3.18. The van der Waals surface area contributed by atoms with Crippen molar-refractivity contribution in [3.05, 3.63) is 21.6 Å². The van der Waals surface area contributed by atoms with Crippen molar-refractivity contribution in [2.45, 2.75) is 18.9 Å². The minimum absolute atomic E-state index is 0.134. The van der Waals surface area contributed by atoms with Gasteiger partial charge in [0.1, 0.15) is 6.33 Å². The Morgan fingerprint density at radius 2 is 2.11 bits per heavy atom. The largest absolute Gasteiger partial charge is 0.394 e. The number of aliphatic hydroxyl groups is 2. The van der Waals surface area contributed by atoms with Gasteiger partial charge in [0.05, 0.1) is 23.7 Å². The van der Waals surface area contributed by atoms with Gasteiger partial charge in [-0.1, -0.05) is 18.5 Å². The molecule has 0 radical (unpaired) electrons. The first-order chi connectivity index (χ1) is 8.49. The Labute approximate surface area is 108 Å². The number of nitro groups is 1. The van der Waals surface area contributed by atoms with Gasteiger partial charge in [-0.2, -0.15) is 0 Å². The fourth-order valence-corrected chi connectivity index (χ4v) is 1.50. The highest BCUT2D eigenvalue weighted by Gasteiger charge is 2.31. The maximum absolute atomic E-state index is 10.9. The molecular formula is C9H13ClN4O4. The molecule has 1 aromatic rings. The second-order valence-corrected chi connectivity index (χ2v) is 4.05. The van der Waals surface area contributed by atoms with E-state index in [2.05, 4.69) is 15.3 Å². The quantitative estimate of drug-likeness (QED) is 0.395. The number of hydrogen-bond donors (Lipinski definition) is 3. The molecule has 0 aliphatic heterocycles. The maximum Gasteiger partial charge on any atom is 0.348 e. The third-order valence-electron chi connectivity index (χ3n) is 2.63. The van der Waals surface area contributed by atoms with Crippen LogP contribution in [-0.2, 0) is 0 Å². The van der Waals surface area contributed by atoms with Gasteiger partial charge in [0.2, 0.25) is 11.0 Å². The zero-order valence-electron chi connectivity index (χ0n) is 9.63. The van der Waals surface area contributed by atoms with Crippen molar-refractivity contribution in [1.29, 1.82) is 0 Å². The second kappa shape index (κ2) is 5.89. The lowest BCUT2D eigenvalue weighted by Gasteiger charge is -2.29. The Hall–Kier alpha value is -1.51. The lowest BCUT2D eigenvalue weighted by Crippen LogP contribution is -2.45. The first kappa shape index (κ1) is 14.6. The lowest BCUT2D eigenvalue weighted by atomic mass is 9.98. The first-order valence-corrected chi connectivity index (χ1v) is 5.52. The zero-order chi connectivity index (χ0) is 13.8. The van der Waals surface area contributed by atoms with E-state index in [-0.39, 0.29) is 11.0 Å². The Kier molecular flexibility index (Phi) is 4.76. The molecule has 0 bridgehead atoms. The van der Waals surface area contributed by atoms with Gasteiger partial charge in [0, 0.05) is 0 Å². The van der Waals surface area contributed by atoms with Crippen LogP contribution in [0.2, 0.25) is 5.15 Å². The van der Waals surface area contributed by atoms with Crippen LogP contribution in [0.25, 0.3) is 0 Å². The number of aromatic nitrogens is 2. The van der Waals surface area contributed by atoms with Crippen LogP contribution in [0, 0.1) is 10.1 Å². The van der Waals surface area contributed by atoms with Crippen LogP contribution in [-0.4, -0.2) is 43.9 Å². The molecule has 0 saturated heterocycles. The molecule has 3 N–H and O–H groups in total. The Morgan fingerprint density at radius 1 is 1.50 bits per heavy atom. The van der Waals surface area contributed by atoms with E-state index < -0.39 is 29.4 Å². The molecule has 0 spiro atoms. The summed E-state index contributed by atoms with van der Waals surface area (Å²) in [4.78, 5) is 17.4.